The van der Waals surface area contributed by atoms with Gasteiger partial charge in [0.2, 0.25) is 15.9 Å². The number of cyclic esters (lactones) is 1. The fourth-order valence-electron chi connectivity index (χ4n) is 3.15. The fourth-order valence-corrected chi connectivity index (χ4v) is 4.61. The average molecular weight is 417 g/mol. The highest BCUT2D eigenvalue weighted by atomic mass is 32.2. The molecule has 2 aromatic rings. The third-order valence-electron chi connectivity index (χ3n) is 4.91. The van der Waals surface area contributed by atoms with Crippen LogP contribution in [-0.4, -0.2) is 47.5 Å². The largest absolute Gasteiger partial charge is 0.402 e. The van der Waals surface area contributed by atoms with Crippen molar-refractivity contribution in [3.05, 3.63) is 52.5 Å². The Morgan fingerprint density at radius 1 is 1.14 bits per heavy atom. The summed E-state index contributed by atoms with van der Waals surface area (Å²) in [6, 6.07) is 6.17. The van der Waals surface area contributed by atoms with E-state index in [0.29, 0.717) is 18.7 Å². The van der Waals surface area contributed by atoms with Crippen LogP contribution in [-0.2, 0) is 26.6 Å². The Morgan fingerprint density at radius 2 is 1.76 bits per heavy atom. The van der Waals surface area contributed by atoms with Crippen molar-refractivity contribution in [3.63, 3.8) is 0 Å². The highest BCUT2D eigenvalue weighted by molar-refractivity contribution is 7.89. The number of sulfonamides is 1. The van der Waals surface area contributed by atoms with Gasteiger partial charge in [-0.25, -0.2) is 18.2 Å². The van der Waals surface area contributed by atoms with Gasteiger partial charge in [-0.3, -0.25) is 4.68 Å². The lowest BCUT2D eigenvalue weighted by Crippen LogP contribution is -2.30. The van der Waals surface area contributed by atoms with Crippen LogP contribution in [0.15, 0.2) is 39.9 Å². The minimum atomic E-state index is -3.55. The molecule has 0 spiro atoms. The monoisotopic (exact) mass is 416 g/mol. The molecule has 0 aliphatic carbocycles. The molecule has 1 aliphatic heterocycles. The summed E-state index contributed by atoms with van der Waals surface area (Å²) in [5, 5.41) is 4.33. The second-order valence-electron chi connectivity index (χ2n) is 6.66. The van der Waals surface area contributed by atoms with E-state index >= 15 is 0 Å². The number of nitrogens with zero attached hydrogens (tertiary/aromatic N) is 4. The van der Waals surface area contributed by atoms with Gasteiger partial charge in [-0.05, 0) is 44.2 Å². The molecule has 0 atom stereocenters. The van der Waals surface area contributed by atoms with Gasteiger partial charge in [0.05, 0.1) is 10.6 Å². The third kappa shape index (κ3) is 3.88. The molecule has 0 amide bonds. The highest BCUT2D eigenvalue weighted by Crippen LogP contribution is 2.23. The summed E-state index contributed by atoms with van der Waals surface area (Å²) in [7, 11) is -1.71. The molecule has 0 bridgehead atoms. The van der Waals surface area contributed by atoms with E-state index in [1.165, 1.54) is 16.4 Å². The fraction of sp³-hybridized carbons (Fsp3) is 0.350. The number of carbonyl (C=O) groups excluding carboxylic acids is 1. The number of benzene rings is 1. The zero-order valence-corrected chi connectivity index (χ0v) is 17.9. The van der Waals surface area contributed by atoms with Gasteiger partial charge in [-0.2, -0.15) is 9.40 Å². The Balaban J connectivity index is 1.91. The second-order valence-corrected chi connectivity index (χ2v) is 8.60. The molecule has 0 saturated heterocycles. The van der Waals surface area contributed by atoms with Crippen LogP contribution in [0.2, 0.25) is 0 Å². The summed E-state index contributed by atoms with van der Waals surface area (Å²) in [6.07, 6.45) is 1.66. The van der Waals surface area contributed by atoms with E-state index in [0.717, 1.165) is 17.0 Å². The molecular weight excluding hydrogens is 392 g/mol. The summed E-state index contributed by atoms with van der Waals surface area (Å²) < 4.78 is 33.6. The normalized spacial score (nSPS) is 15.9. The van der Waals surface area contributed by atoms with Crippen LogP contribution in [0.3, 0.4) is 0 Å². The first kappa shape index (κ1) is 20.9. The lowest BCUT2D eigenvalue weighted by Gasteiger charge is -2.18. The SMILES string of the molecule is CCN(CC)S(=O)(=O)c1ccc(C2=NC(=Cc3c(C)nn(C)c3C)C(=O)O2)cc1. The van der Waals surface area contributed by atoms with Crippen molar-refractivity contribution in [3.8, 4) is 0 Å². The number of carbonyl (C=O) groups is 1. The summed E-state index contributed by atoms with van der Waals surface area (Å²) in [5.41, 5.74) is 3.24. The van der Waals surface area contributed by atoms with E-state index in [4.69, 9.17) is 4.74 Å². The predicted molar refractivity (Wildman–Crippen MR) is 110 cm³/mol. The molecule has 0 unspecified atom stereocenters. The van der Waals surface area contributed by atoms with E-state index < -0.39 is 16.0 Å². The Morgan fingerprint density at radius 3 is 2.28 bits per heavy atom. The smallest absolute Gasteiger partial charge is 0.363 e. The van der Waals surface area contributed by atoms with Gasteiger partial charge in [0.15, 0.2) is 5.70 Å². The molecule has 1 aliphatic rings. The van der Waals surface area contributed by atoms with E-state index in [-0.39, 0.29) is 16.5 Å². The van der Waals surface area contributed by atoms with E-state index in [1.54, 1.807) is 36.7 Å². The number of rotatable bonds is 6. The molecule has 0 fully saturated rings. The molecule has 9 heteroatoms. The van der Waals surface area contributed by atoms with E-state index in [2.05, 4.69) is 10.1 Å². The predicted octanol–water partition coefficient (Wildman–Crippen LogP) is 2.41. The molecule has 154 valence electrons. The molecule has 8 nitrogen and oxygen atoms in total. The number of esters is 1. The first-order chi connectivity index (χ1) is 13.7. The third-order valence-corrected chi connectivity index (χ3v) is 6.98. The Bertz CT molecular complexity index is 1110. The topological polar surface area (TPSA) is 93.9 Å². The van der Waals surface area contributed by atoms with Crippen LogP contribution >= 0.6 is 0 Å². The molecular formula is C20H24N4O4S. The maximum absolute atomic E-state index is 12.6. The van der Waals surface area contributed by atoms with Crippen LogP contribution in [0.25, 0.3) is 6.08 Å². The van der Waals surface area contributed by atoms with Crippen molar-refractivity contribution in [1.29, 1.82) is 0 Å². The van der Waals surface area contributed by atoms with Gasteiger partial charge in [-0.1, -0.05) is 13.8 Å². The van der Waals surface area contributed by atoms with Crippen LogP contribution in [0, 0.1) is 13.8 Å². The number of hydrogen-bond donors (Lipinski definition) is 0. The van der Waals surface area contributed by atoms with E-state index in [9.17, 15) is 13.2 Å². The molecule has 3 rings (SSSR count). The van der Waals surface area contributed by atoms with Crippen molar-refractivity contribution in [1.82, 2.24) is 14.1 Å². The lowest BCUT2D eigenvalue weighted by molar-refractivity contribution is -0.129. The number of aryl methyl sites for hydroxylation is 2. The molecule has 0 saturated carbocycles. The summed E-state index contributed by atoms with van der Waals surface area (Å²) in [4.78, 5) is 16.7. The molecule has 1 aromatic carbocycles. The van der Waals surface area contributed by atoms with Crippen molar-refractivity contribution < 1.29 is 17.9 Å². The van der Waals surface area contributed by atoms with Crippen molar-refractivity contribution in [2.75, 3.05) is 13.1 Å². The van der Waals surface area contributed by atoms with Crippen LogP contribution < -0.4 is 0 Å². The Labute approximate surface area is 170 Å². The molecule has 0 N–H and O–H groups in total. The van der Waals surface area contributed by atoms with Crippen molar-refractivity contribution in [2.24, 2.45) is 12.0 Å². The van der Waals surface area contributed by atoms with Crippen molar-refractivity contribution in [2.45, 2.75) is 32.6 Å². The van der Waals surface area contributed by atoms with Gasteiger partial charge in [-0.15, -0.1) is 0 Å². The first-order valence-electron chi connectivity index (χ1n) is 9.32. The standard InChI is InChI=1S/C20H24N4O4S/c1-6-24(7-2)29(26,27)16-10-8-15(9-11-16)19-21-18(20(25)28-19)12-17-13(3)22-23(5)14(17)4/h8-12H,6-7H2,1-5H3. The average Bonchev–Trinajstić information content (AvgIpc) is 3.17. The Hall–Kier alpha value is -2.78. The minimum Gasteiger partial charge on any atom is -0.402 e. The van der Waals surface area contributed by atoms with Crippen molar-refractivity contribution >= 4 is 28.0 Å². The Kier molecular flexibility index (Phi) is 5.72. The van der Waals surface area contributed by atoms with Crippen LogP contribution in [0.5, 0.6) is 0 Å². The summed E-state index contributed by atoms with van der Waals surface area (Å²) >= 11 is 0. The quantitative estimate of drug-likeness (QED) is 0.532. The minimum absolute atomic E-state index is 0.146. The molecule has 29 heavy (non-hydrogen) atoms. The highest BCUT2D eigenvalue weighted by Gasteiger charge is 2.26. The maximum Gasteiger partial charge on any atom is 0.363 e. The zero-order chi connectivity index (χ0) is 21.3. The van der Waals surface area contributed by atoms with Gasteiger partial charge in [0.25, 0.3) is 0 Å². The van der Waals surface area contributed by atoms with Crippen LogP contribution in [0.4, 0.5) is 0 Å². The van der Waals surface area contributed by atoms with Gasteiger partial charge in [0, 0.05) is 37.0 Å². The molecule has 1 aromatic heterocycles. The summed E-state index contributed by atoms with van der Waals surface area (Å²) in [5.74, 6) is -0.408. The van der Waals surface area contributed by atoms with E-state index in [1.807, 2.05) is 20.9 Å². The van der Waals surface area contributed by atoms with Gasteiger partial charge >= 0.3 is 5.97 Å². The summed E-state index contributed by atoms with van der Waals surface area (Å²) in [6.45, 7) is 8.15. The molecule has 0 radical (unpaired) electrons. The number of aromatic nitrogens is 2. The lowest BCUT2D eigenvalue weighted by atomic mass is 10.1. The zero-order valence-electron chi connectivity index (χ0n) is 17.1. The number of aliphatic imine (C=N–C) groups is 1. The van der Waals surface area contributed by atoms with Gasteiger partial charge in [0.1, 0.15) is 0 Å². The number of hydrogen-bond acceptors (Lipinski definition) is 6. The second kappa shape index (κ2) is 7.92. The number of ether oxygens (including phenoxy) is 1. The maximum atomic E-state index is 12.6. The first-order valence-corrected chi connectivity index (χ1v) is 10.8. The molecule has 2 heterocycles. The van der Waals surface area contributed by atoms with Gasteiger partial charge < -0.3 is 4.74 Å². The van der Waals surface area contributed by atoms with Crippen LogP contribution in [0.1, 0.15) is 36.4 Å².